The monoisotopic (exact) mass is 235 g/mol. The van der Waals surface area contributed by atoms with E-state index in [1.807, 2.05) is 4.90 Å². The van der Waals surface area contributed by atoms with Crippen molar-refractivity contribution in [3.8, 4) is 0 Å². The third-order valence-electron chi connectivity index (χ3n) is 2.97. The number of nitrogens with two attached hydrogens (primary N) is 1. The Morgan fingerprint density at radius 1 is 1.41 bits per heavy atom. The Labute approximate surface area is 98.2 Å². The molecule has 2 N–H and O–H groups in total. The molecule has 6 nitrogen and oxygen atoms in total. The summed E-state index contributed by atoms with van der Waals surface area (Å²) in [5.41, 5.74) is 6.16. The molecular formula is C11H13N3O3. The second-order valence-electron chi connectivity index (χ2n) is 4.03. The normalized spacial score (nSPS) is 19.3. The van der Waals surface area contributed by atoms with E-state index in [4.69, 9.17) is 5.73 Å². The molecule has 1 saturated heterocycles. The SMILES string of the molecule is NC(=O)C1CCCN1c1ccc([N+](=O)[O-])cc1. The van der Waals surface area contributed by atoms with Crippen LogP contribution in [0.15, 0.2) is 24.3 Å². The molecular weight excluding hydrogens is 222 g/mol. The first kappa shape index (κ1) is 11.4. The van der Waals surface area contributed by atoms with Crippen molar-refractivity contribution in [1.29, 1.82) is 0 Å². The third kappa shape index (κ3) is 2.20. The zero-order valence-corrected chi connectivity index (χ0v) is 9.20. The maximum absolute atomic E-state index is 11.2. The molecule has 1 aromatic rings. The first-order valence-electron chi connectivity index (χ1n) is 5.40. The van der Waals surface area contributed by atoms with Crippen molar-refractivity contribution < 1.29 is 9.72 Å². The molecule has 17 heavy (non-hydrogen) atoms. The Bertz CT molecular complexity index is 444. The second kappa shape index (κ2) is 4.40. The van der Waals surface area contributed by atoms with Crippen LogP contribution in [-0.4, -0.2) is 23.4 Å². The summed E-state index contributed by atoms with van der Waals surface area (Å²) in [6, 6.07) is 5.88. The van der Waals surface area contributed by atoms with Gasteiger partial charge in [0.15, 0.2) is 0 Å². The zero-order valence-electron chi connectivity index (χ0n) is 9.20. The summed E-state index contributed by atoms with van der Waals surface area (Å²) in [6.45, 7) is 0.755. The van der Waals surface area contributed by atoms with Crippen molar-refractivity contribution in [3.63, 3.8) is 0 Å². The summed E-state index contributed by atoms with van der Waals surface area (Å²) in [5.74, 6) is -0.346. The predicted molar refractivity (Wildman–Crippen MR) is 62.7 cm³/mol. The second-order valence-corrected chi connectivity index (χ2v) is 4.03. The highest BCUT2D eigenvalue weighted by Crippen LogP contribution is 2.26. The van der Waals surface area contributed by atoms with Gasteiger partial charge in [-0.05, 0) is 25.0 Å². The highest BCUT2D eigenvalue weighted by atomic mass is 16.6. The zero-order chi connectivity index (χ0) is 12.4. The van der Waals surface area contributed by atoms with Crippen molar-refractivity contribution in [3.05, 3.63) is 34.4 Å². The summed E-state index contributed by atoms with van der Waals surface area (Å²) >= 11 is 0. The number of nitro groups is 1. The van der Waals surface area contributed by atoms with E-state index in [1.165, 1.54) is 12.1 Å². The average molecular weight is 235 g/mol. The minimum atomic E-state index is -0.445. The Morgan fingerprint density at radius 3 is 2.59 bits per heavy atom. The molecule has 1 aliphatic heterocycles. The predicted octanol–water partition coefficient (Wildman–Crippen LogP) is 1.05. The van der Waals surface area contributed by atoms with Crippen molar-refractivity contribution in [2.75, 3.05) is 11.4 Å². The smallest absolute Gasteiger partial charge is 0.269 e. The number of anilines is 1. The van der Waals surface area contributed by atoms with Crippen LogP contribution in [0.25, 0.3) is 0 Å². The molecule has 0 saturated carbocycles. The van der Waals surface area contributed by atoms with E-state index in [1.54, 1.807) is 12.1 Å². The van der Waals surface area contributed by atoms with Gasteiger partial charge >= 0.3 is 0 Å². The van der Waals surface area contributed by atoms with Crippen molar-refractivity contribution in [1.82, 2.24) is 0 Å². The van der Waals surface area contributed by atoms with Gasteiger partial charge in [-0.25, -0.2) is 0 Å². The Hall–Kier alpha value is -2.11. The number of carbonyl (C=O) groups excluding carboxylic acids is 1. The maximum Gasteiger partial charge on any atom is 0.269 e. The topological polar surface area (TPSA) is 89.5 Å². The number of rotatable bonds is 3. The first-order chi connectivity index (χ1) is 8.09. The number of nitrogens with zero attached hydrogens (tertiary/aromatic N) is 2. The van der Waals surface area contributed by atoms with Gasteiger partial charge in [0.2, 0.25) is 5.91 Å². The van der Waals surface area contributed by atoms with Crippen LogP contribution in [0, 0.1) is 10.1 Å². The Kier molecular flexibility index (Phi) is 2.95. The lowest BCUT2D eigenvalue weighted by molar-refractivity contribution is -0.384. The molecule has 0 bridgehead atoms. The van der Waals surface area contributed by atoms with Gasteiger partial charge in [0.25, 0.3) is 5.69 Å². The highest BCUT2D eigenvalue weighted by molar-refractivity contribution is 5.84. The van der Waals surface area contributed by atoms with Crippen molar-refractivity contribution in [2.24, 2.45) is 5.73 Å². The van der Waals surface area contributed by atoms with Crippen LogP contribution in [0.3, 0.4) is 0 Å². The van der Waals surface area contributed by atoms with E-state index in [9.17, 15) is 14.9 Å². The Morgan fingerprint density at radius 2 is 2.06 bits per heavy atom. The van der Waals surface area contributed by atoms with Crippen LogP contribution in [0.5, 0.6) is 0 Å². The molecule has 1 amide bonds. The molecule has 1 aromatic carbocycles. The van der Waals surface area contributed by atoms with Crippen molar-refractivity contribution in [2.45, 2.75) is 18.9 Å². The molecule has 6 heteroatoms. The lowest BCUT2D eigenvalue weighted by Gasteiger charge is -2.24. The molecule has 0 radical (unpaired) electrons. The summed E-state index contributed by atoms with van der Waals surface area (Å²) in [6.07, 6.45) is 1.65. The molecule has 0 aromatic heterocycles. The molecule has 1 unspecified atom stereocenters. The van der Waals surface area contributed by atoms with E-state index in [0.29, 0.717) is 0 Å². The number of nitro benzene ring substituents is 1. The number of hydrogen-bond donors (Lipinski definition) is 1. The van der Waals surface area contributed by atoms with Crippen LogP contribution in [0.4, 0.5) is 11.4 Å². The molecule has 90 valence electrons. The van der Waals surface area contributed by atoms with E-state index in [2.05, 4.69) is 0 Å². The molecule has 2 rings (SSSR count). The highest BCUT2D eigenvalue weighted by Gasteiger charge is 2.29. The summed E-state index contributed by atoms with van der Waals surface area (Å²) in [5, 5.41) is 10.5. The standard InChI is InChI=1S/C11H13N3O3/c12-11(15)10-2-1-7-13(10)8-3-5-9(6-4-8)14(16)17/h3-6,10H,1-2,7H2,(H2,12,15). The molecule has 1 aliphatic rings. The van der Waals surface area contributed by atoms with Gasteiger partial charge in [0.1, 0.15) is 6.04 Å². The summed E-state index contributed by atoms with van der Waals surface area (Å²) in [4.78, 5) is 23.2. The molecule has 1 atom stereocenters. The van der Waals surface area contributed by atoms with Crippen LogP contribution in [-0.2, 0) is 4.79 Å². The quantitative estimate of drug-likeness (QED) is 0.626. The van der Waals surface area contributed by atoms with E-state index >= 15 is 0 Å². The first-order valence-corrected chi connectivity index (χ1v) is 5.40. The van der Waals surface area contributed by atoms with E-state index < -0.39 is 4.92 Å². The molecule has 0 aliphatic carbocycles. The minimum Gasteiger partial charge on any atom is -0.368 e. The fourth-order valence-corrected chi connectivity index (χ4v) is 2.14. The van der Waals surface area contributed by atoms with Crippen LogP contribution < -0.4 is 10.6 Å². The lowest BCUT2D eigenvalue weighted by atomic mass is 10.2. The van der Waals surface area contributed by atoms with Gasteiger partial charge in [-0.2, -0.15) is 0 Å². The minimum absolute atomic E-state index is 0.0450. The van der Waals surface area contributed by atoms with Gasteiger partial charge in [-0.1, -0.05) is 0 Å². The number of carbonyl (C=O) groups is 1. The summed E-state index contributed by atoms with van der Waals surface area (Å²) in [7, 11) is 0. The van der Waals surface area contributed by atoms with Gasteiger partial charge in [-0.15, -0.1) is 0 Å². The number of non-ortho nitro benzene ring substituents is 1. The maximum atomic E-state index is 11.2. The number of hydrogen-bond acceptors (Lipinski definition) is 4. The van der Waals surface area contributed by atoms with Crippen LogP contribution in [0.2, 0.25) is 0 Å². The number of amides is 1. The van der Waals surface area contributed by atoms with E-state index in [0.717, 1.165) is 25.1 Å². The Balaban J connectivity index is 2.22. The third-order valence-corrected chi connectivity index (χ3v) is 2.97. The van der Waals surface area contributed by atoms with Gasteiger partial charge in [0, 0.05) is 24.4 Å². The lowest BCUT2D eigenvalue weighted by Crippen LogP contribution is -2.40. The molecule has 1 fully saturated rings. The van der Waals surface area contributed by atoms with Crippen LogP contribution >= 0.6 is 0 Å². The van der Waals surface area contributed by atoms with Crippen molar-refractivity contribution >= 4 is 17.3 Å². The average Bonchev–Trinajstić information content (AvgIpc) is 2.78. The number of primary amides is 1. The van der Waals surface area contributed by atoms with Crippen LogP contribution in [0.1, 0.15) is 12.8 Å². The largest absolute Gasteiger partial charge is 0.368 e. The van der Waals surface area contributed by atoms with Gasteiger partial charge < -0.3 is 10.6 Å². The van der Waals surface area contributed by atoms with Gasteiger partial charge in [0.05, 0.1) is 4.92 Å². The molecule has 1 heterocycles. The molecule has 0 spiro atoms. The summed E-state index contributed by atoms with van der Waals surface area (Å²) < 4.78 is 0. The number of benzene rings is 1. The fourth-order valence-electron chi connectivity index (χ4n) is 2.14. The van der Waals surface area contributed by atoms with Gasteiger partial charge in [-0.3, -0.25) is 14.9 Å². The fraction of sp³-hybridized carbons (Fsp3) is 0.364. The van der Waals surface area contributed by atoms with E-state index in [-0.39, 0.29) is 17.6 Å².